The fraction of sp³-hybridized carbons (Fsp3) is 1.00. The molecule has 0 saturated heterocycles. The topological polar surface area (TPSA) is 29.3 Å². The third-order valence-electron chi connectivity index (χ3n) is 3.49. The first kappa shape index (κ1) is 12.0. The molecule has 2 atom stereocenters. The zero-order chi connectivity index (χ0) is 10.6. The third kappa shape index (κ3) is 2.71. The summed E-state index contributed by atoms with van der Waals surface area (Å²) in [6, 6.07) is 1.44. The van der Waals surface area contributed by atoms with E-state index in [4.69, 9.17) is 5.73 Å². The second kappa shape index (κ2) is 5.72. The van der Waals surface area contributed by atoms with E-state index in [1.54, 1.807) is 0 Å². The van der Waals surface area contributed by atoms with Crippen molar-refractivity contribution in [2.75, 3.05) is 13.1 Å². The van der Waals surface area contributed by atoms with Crippen molar-refractivity contribution < 1.29 is 0 Å². The highest BCUT2D eigenvalue weighted by Crippen LogP contribution is 2.30. The predicted molar refractivity (Wildman–Crippen MR) is 62.3 cm³/mol. The zero-order valence-electron chi connectivity index (χ0n) is 10.00. The highest BCUT2D eigenvalue weighted by Gasteiger charge is 2.31. The van der Waals surface area contributed by atoms with Crippen molar-refractivity contribution in [3.63, 3.8) is 0 Å². The van der Waals surface area contributed by atoms with Crippen molar-refractivity contribution in [1.82, 2.24) is 4.90 Å². The van der Waals surface area contributed by atoms with Crippen LogP contribution in [0.4, 0.5) is 0 Å². The minimum absolute atomic E-state index is 0.673. The largest absolute Gasteiger partial charge is 0.330 e. The quantitative estimate of drug-likeness (QED) is 0.734. The molecule has 1 aliphatic rings. The first-order chi connectivity index (χ1) is 6.70. The maximum atomic E-state index is 5.83. The Kier molecular flexibility index (Phi) is 4.90. The van der Waals surface area contributed by atoms with Gasteiger partial charge in [-0.15, -0.1) is 0 Å². The lowest BCUT2D eigenvalue weighted by Crippen LogP contribution is -2.44. The molecule has 1 aliphatic carbocycles. The van der Waals surface area contributed by atoms with Gasteiger partial charge in [-0.2, -0.15) is 0 Å². The molecule has 1 saturated carbocycles. The van der Waals surface area contributed by atoms with Gasteiger partial charge in [-0.25, -0.2) is 0 Å². The molecule has 14 heavy (non-hydrogen) atoms. The number of hydrogen-bond acceptors (Lipinski definition) is 2. The average Bonchev–Trinajstić information content (AvgIpc) is 2.61. The van der Waals surface area contributed by atoms with Crippen molar-refractivity contribution in [3.8, 4) is 0 Å². The molecular formula is C12H26N2. The molecule has 84 valence electrons. The molecule has 2 heteroatoms. The Hall–Kier alpha value is -0.0800. The summed E-state index contributed by atoms with van der Waals surface area (Å²) < 4.78 is 0. The van der Waals surface area contributed by atoms with Crippen LogP contribution in [0.15, 0.2) is 0 Å². The summed E-state index contributed by atoms with van der Waals surface area (Å²) in [6.07, 6.45) is 5.33. The van der Waals surface area contributed by atoms with Crippen LogP contribution in [-0.4, -0.2) is 30.1 Å². The fourth-order valence-corrected chi connectivity index (χ4v) is 2.79. The molecule has 2 nitrogen and oxygen atoms in total. The summed E-state index contributed by atoms with van der Waals surface area (Å²) >= 11 is 0. The Balaban J connectivity index is 2.57. The van der Waals surface area contributed by atoms with E-state index in [0.29, 0.717) is 6.04 Å². The molecule has 0 bridgehead atoms. The Morgan fingerprint density at radius 3 is 2.57 bits per heavy atom. The second-order valence-electron chi connectivity index (χ2n) is 4.83. The summed E-state index contributed by atoms with van der Waals surface area (Å²) in [6.45, 7) is 8.99. The molecule has 2 unspecified atom stereocenters. The molecular weight excluding hydrogens is 172 g/mol. The van der Waals surface area contributed by atoms with Crippen LogP contribution in [0.5, 0.6) is 0 Å². The van der Waals surface area contributed by atoms with Crippen LogP contribution < -0.4 is 5.73 Å². The van der Waals surface area contributed by atoms with E-state index in [1.165, 1.54) is 32.2 Å². The minimum Gasteiger partial charge on any atom is -0.330 e. The SMILES string of the molecule is CCCN(C(C)C)C1CCCC1CN. The molecule has 0 amide bonds. The highest BCUT2D eigenvalue weighted by atomic mass is 15.2. The Morgan fingerprint density at radius 1 is 1.36 bits per heavy atom. The minimum atomic E-state index is 0.673. The smallest absolute Gasteiger partial charge is 0.0138 e. The lowest BCUT2D eigenvalue weighted by molar-refractivity contribution is 0.125. The van der Waals surface area contributed by atoms with Crippen LogP contribution in [-0.2, 0) is 0 Å². The van der Waals surface area contributed by atoms with Gasteiger partial charge in [-0.3, -0.25) is 4.90 Å². The summed E-state index contributed by atoms with van der Waals surface area (Å²) in [5, 5.41) is 0. The van der Waals surface area contributed by atoms with Gasteiger partial charge in [0, 0.05) is 12.1 Å². The van der Waals surface area contributed by atoms with E-state index in [1.807, 2.05) is 0 Å². The van der Waals surface area contributed by atoms with Crippen molar-refractivity contribution in [3.05, 3.63) is 0 Å². The van der Waals surface area contributed by atoms with Crippen molar-refractivity contribution >= 4 is 0 Å². The first-order valence-corrected chi connectivity index (χ1v) is 6.16. The van der Waals surface area contributed by atoms with Crippen molar-refractivity contribution in [2.24, 2.45) is 11.7 Å². The monoisotopic (exact) mass is 198 g/mol. The van der Waals surface area contributed by atoms with Crippen LogP contribution in [0.3, 0.4) is 0 Å². The van der Waals surface area contributed by atoms with Crippen LogP contribution in [0, 0.1) is 5.92 Å². The molecule has 2 N–H and O–H groups in total. The van der Waals surface area contributed by atoms with Crippen molar-refractivity contribution in [2.45, 2.75) is 58.5 Å². The summed E-state index contributed by atoms with van der Waals surface area (Å²) in [7, 11) is 0. The van der Waals surface area contributed by atoms with Crippen LogP contribution >= 0.6 is 0 Å². The maximum Gasteiger partial charge on any atom is 0.0138 e. The van der Waals surface area contributed by atoms with Gasteiger partial charge in [0.1, 0.15) is 0 Å². The van der Waals surface area contributed by atoms with Crippen LogP contribution in [0.2, 0.25) is 0 Å². The molecule has 0 radical (unpaired) electrons. The van der Waals surface area contributed by atoms with Gasteiger partial charge in [-0.1, -0.05) is 13.3 Å². The van der Waals surface area contributed by atoms with Crippen LogP contribution in [0.1, 0.15) is 46.5 Å². The van der Waals surface area contributed by atoms with E-state index in [-0.39, 0.29) is 0 Å². The van der Waals surface area contributed by atoms with Gasteiger partial charge in [-0.05, 0) is 52.1 Å². The maximum absolute atomic E-state index is 5.83. The molecule has 0 aromatic heterocycles. The molecule has 0 aromatic rings. The second-order valence-corrected chi connectivity index (χ2v) is 4.83. The number of rotatable bonds is 5. The molecule has 1 rings (SSSR count). The van der Waals surface area contributed by atoms with E-state index in [2.05, 4.69) is 25.7 Å². The number of nitrogens with zero attached hydrogens (tertiary/aromatic N) is 1. The molecule has 0 aromatic carbocycles. The molecule has 0 spiro atoms. The summed E-state index contributed by atoms with van der Waals surface area (Å²) in [5.74, 6) is 0.754. The summed E-state index contributed by atoms with van der Waals surface area (Å²) in [5.41, 5.74) is 5.83. The first-order valence-electron chi connectivity index (χ1n) is 6.16. The van der Waals surface area contributed by atoms with E-state index in [9.17, 15) is 0 Å². The summed E-state index contributed by atoms with van der Waals surface area (Å²) in [4.78, 5) is 2.66. The van der Waals surface area contributed by atoms with Gasteiger partial charge in [0.25, 0.3) is 0 Å². The van der Waals surface area contributed by atoms with Gasteiger partial charge >= 0.3 is 0 Å². The fourth-order valence-electron chi connectivity index (χ4n) is 2.79. The molecule has 1 fully saturated rings. The lowest BCUT2D eigenvalue weighted by atomic mass is 10.0. The molecule has 0 aliphatic heterocycles. The van der Waals surface area contributed by atoms with Gasteiger partial charge in [0.15, 0.2) is 0 Å². The van der Waals surface area contributed by atoms with Gasteiger partial charge in [0.05, 0.1) is 0 Å². The normalized spacial score (nSPS) is 27.9. The number of hydrogen-bond donors (Lipinski definition) is 1. The van der Waals surface area contributed by atoms with E-state index < -0.39 is 0 Å². The Morgan fingerprint density at radius 2 is 2.07 bits per heavy atom. The average molecular weight is 198 g/mol. The van der Waals surface area contributed by atoms with E-state index >= 15 is 0 Å². The highest BCUT2D eigenvalue weighted by molar-refractivity contribution is 4.87. The van der Waals surface area contributed by atoms with E-state index in [0.717, 1.165) is 18.5 Å². The molecule has 0 heterocycles. The Labute approximate surface area is 88.8 Å². The standard InChI is InChI=1S/C12H26N2/c1-4-8-14(10(2)3)12-7-5-6-11(12)9-13/h10-12H,4-9,13H2,1-3H3. The number of nitrogens with two attached hydrogens (primary N) is 1. The zero-order valence-corrected chi connectivity index (χ0v) is 10.00. The van der Waals surface area contributed by atoms with Crippen molar-refractivity contribution in [1.29, 1.82) is 0 Å². The predicted octanol–water partition coefficient (Wildman–Crippen LogP) is 2.23. The van der Waals surface area contributed by atoms with Gasteiger partial charge < -0.3 is 5.73 Å². The Bertz CT molecular complexity index is 156. The van der Waals surface area contributed by atoms with Crippen LogP contribution in [0.25, 0.3) is 0 Å². The van der Waals surface area contributed by atoms with Gasteiger partial charge in [0.2, 0.25) is 0 Å². The third-order valence-corrected chi connectivity index (χ3v) is 3.49. The lowest BCUT2D eigenvalue weighted by Gasteiger charge is -2.35.